The van der Waals surface area contributed by atoms with Gasteiger partial charge in [-0.15, -0.1) is 0 Å². The number of benzene rings is 2. The molecule has 0 heterocycles. The molecule has 2 aromatic carbocycles. The summed E-state index contributed by atoms with van der Waals surface area (Å²) in [6, 6.07) is 13.8. The van der Waals surface area contributed by atoms with Gasteiger partial charge in [0.25, 0.3) is 0 Å². The van der Waals surface area contributed by atoms with E-state index in [-0.39, 0.29) is 24.0 Å². The summed E-state index contributed by atoms with van der Waals surface area (Å²) in [5.74, 6) is -0.358. The van der Waals surface area contributed by atoms with Crippen LogP contribution in [0.4, 0.5) is 4.79 Å². The van der Waals surface area contributed by atoms with Crippen molar-refractivity contribution in [2.75, 3.05) is 6.54 Å². The zero-order valence-electron chi connectivity index (χ0n) is 14.6. The van der Waals surface area contributed by atoms with Crippen LogP contribution >= 0.6 is 0 Å². The highest BCUT2D eigenvalue weighted by atomic mass is 16.2. The monoisotopic (exact) mass is 327 g/mol. The predicted molar refractivity (Wildman–Crippen MR) is 96.8 cm³/mol. The van der Waals surface area contributed by atoms with Crippen LogP contribution in [0.1, 0.15) is 39.3 Å². The molecule has 0 aromatic heterocycles. The quantitative estimate of drug-likeness (QED) is 0.808. The topological polar surface area (TPSA) is 70.2 Å². The van der Waals surface area contributed by atoms with E-state index in [1.807, 2.05) is 52.0 Å². The fourth-order valence-electron chi connectivity index (χ4n) is 2.53. The summed E-state index contributed by atoms with van der Waals surface area (Å²) in [6.07, 6.45) is 0. The molecule has 0 fully saturated rings. The summed E-state index contributed by atoms with van der Waals surface area (Å²) >= 11 is 0. The van der Waals surface area contributed by atoms with Crippen molar-refractivity contribution in [1.82, 2.24) is 16.0 Å². The third-order valence-corrected chi connectivity index (χ3v) is 3.60. The second-order valence-electron chi connectivity index (χ2n) is 6.92. The highest BCUT2D eigenvalue weighted by Crippen LogP contribution is 2.23. The van der Waals surface area contributed by atoms with Crippen LogP contribution in [0.25, 0.3) is 10.8 Å². The molecule has 0 saturated heterocycles. The molecular formula is C19H25N3O2. The van der Waals surface area contributed by atoms with Gasteiger partial charge in [0.1, 0.15) is 0 Å². The van der Waals surface area contributed by atoms with E-state index in [1.165, 1.54) is 0 Å². The molecule has 0 aliphatic rings. The lowest BCUT2D eigenvalue weighted by Crippen LogP contribution is -2.50. The normalized spacial score (nSPS) is 12.7. The molecule has 0 radical (unpaired) electrons. The van der Waals surface area contributed by atoms with Gasteiger partial charge in [0.2, 0.25) is 5.91 Å². The Kier molecular flexibility index (Phi) is 5.57. The zero-order chi connectivity index (χ0) is 17.7. The van der Waals surface area contributed by atoms with Gasteiger partial charge in [-0.25, -0.2) is 4.79 Å². The van der Waals surface area contributed by atoms with Gasteiger partial charge >= 0.3 is 6.03 Å². The van der Waals surface area contributed by atoms with Crippen molar-refractivity contribution >= 4 is 22.7 Å². The number of hydrogen-bond donors (Lipinski definition) is 3. The van der Waals surface area contributed by atoms with Crippen LogP contribution in [0, 0.1) is 0 Å². The molecule has 0 saturated carbocycles. The van der Waals surface area contributed by atoms with Gasteiger partial charge in [0.05, 0.1) is 6.54 Å². The number of fused-ring (bicyclic) bond motifs is 1. The minimum Gasteiger partial charge on any atom is -0.333 e. The molecule has 128 valence electrons. The Bertz CT molecular complexity index is 729. The number of carbonyl (C=O) groups excluding carboxylic acids is 2. The fourth-order valence-corrected chi connectivity index (χ4v) is 2.53. The van der Waals surface area contributed by atoms with E-state index in [2.05, 4.69) is 34.1 Å². The molecule has 0 aliphatic carbocycles. The minimum atomic E-state index is -0.480. The van der Waals surface area contributed by atoms with Crippen LogP contribution in [0.3, 0.4) is 0 Å². The summed E-state index contributed by atoms with van der Waals surface area (Å²) in [4.78, 5) is 23.6. The van der Waals surface area contributed by atoms with Crippen LogP contribution in [-0.2, 0) is 4.79 Å². The van der Waals surface area contributed by atoms with E-state index < -0.39 is 6.03 Å². The van der Waals surface area contributed by atoms with E-state index in [4.69, 9.17) is 0 Å². The van der Waals surface area contributed by atoms with Crippen molar-refractivity contribution in [3.05, 3.63) is 48.0 Å². The van der Waals surface area contributed by atoms with E-state index in [0.717, 1.165) is 16.3 Å². The predicted octanol–water partition coefficient (Wildman–Crippen LogP) is 3.11. The second-order valence-corrected chi connectivity index (χ2v) is 6.92. The molecule has 5 nitrogen and oxygen atoms in total. The number of rotatable bonds is 4. The molecule has 0 unspecified atom stereocenters. The Morgan fingerprint density at radius 3 is 2.42 bits per heavy atom. The number of imide groups is 1. The SMILES string of the molecule is C[C@H](NCC(=O)NC(=O)NC(C)(C)C)c1cccc2ccccc12. The molecule has 0 aliphatic heterocycles. The van der Waals surface area contributed by atoms with Crippen molar-refractivity contribution in [1.29, 1.82) is 0 Å². The number of hydrogen-bond acceptors (Lipinski definition) is 3. The summed E-state index contributed by atoms with van der Waals surface area (Å²) in [6.45, 7) is 7.65. The smallest absolute Gasteiger partial charge is 0.321 e. The number of carbonyl (C=O) groups is 2. The summed E-state index contributed by atoms with van der Waals surface area (Å²) in [7, 11) is 0. The molecule has 5 heteroatoms. The van der Waals surface area contributed by atoms with Crippen LogP contribution in [0.2, 0.25) is 0 Å². The van der Waals surface area contributed by atoms with Gasteiger partial charge in [0, 0.05) is 11.6 Å². The second kappa shape index (κ2) is 7.45. The molecule has 1 atom stereocenters. The molecule has 3 amide bonds. The molecule has 0 spiro atoms. The maximum absolute atomic E-state index is 11.9. The number of amides is 3. The molecule has 2 rings (SSSR count). The maximum Gasteiger partial charge on any atom is 0.321 e. The Morgan fingerprint density at radius 1 is 1.04 bits per heavy atom. The standard InChI is InChI=1S/C19H25N3O2/c1-13(15-11-7-9-14-8-5-6-10-16(14)15)20-12-17(23)21-18(24)22-19(2,3)4/h5-11,13,20H,12H2,1-4H3,(H2,21,22,23,24)/t13-/m0/s1. The lowest BCUT2D eigenvalue weighted by atomic mass is 10.00. The van der Waals surface area contributed by atoms with E-state index in [1.54, 1.807) is 0 Å². The van der Waals surface area contributed by atoms with Gasteiger partial charge < -0.3 is 10.6 Å². The van der Waals surface area contributed by atoms with Crippen LogP contribution in [0.15, 0.2) is 42.5 Å². The highest BCUT2D eigenvalue weighted by molar-refractivity contribution is 5.95. The lowest BCUT2D eigenvalue weighted by molar-refractivity contribution is -0.119. The number of urea groups is 1. The van der Waals surface area contributed by atoms with Crippen molar-refractivity contribution in [3.8, 4) is 0 Å². The maximum atomic E-state index is 11.9. The Hall–Kier alpha value is -2.40. The molecular weight excluding hydrogens is 302 g/mol. The third kappa shape index (κ3) is 5.06. The summed E-state index contributed by atoms with van der Waals surface area (Å²) < 4.78 is 0. The first-order chi connectivity index (χ1) is 11.3. The van der Waals surface area contributed by atoms with Crippen molar-refractivity contribution < 1.29 is 9.59 Å². The van der Waals surface area contributed by atoms with Gasteiger partial charge in [0.15, 0.2) is 0 Å². The molecule has 3 N–H and O–H groups in total. The minimum absolute atomic E-state index is 0.00692. The Morgan fingerprint density at radius 2 is 1.71 bits per heavy atom. The van der Waals surface area contributed by atoms with Crippen molar-refractivity contribution in [2.24, 2.45) is 0 Å². The largest absolute Gasteiger partial charge is 0.333 e. The van der Waals surface area contributed by atoms with Gasteiger partial charge in [-0.2, -0.15) is 0 Å². The number of nitrogens with one attached hydrogen (secondary N) is 3. The third-order valence-electron chi connectivity index (χ3n) is 3.60. The van der Waals surface area contributed by atoms with Gasteiger partial charge in [-0.1, -0.05) is 42.5 Å². The van der Waals surface area contributed by atoms with Crippen LogP contribution in [0.5, 0.6) is 0 Å². The Labute approximate surface area is 142 Å². The summed E-state index contributed by atoms with van der Waals surface area (Å²) in [5.41, 5.74) is 0.744. The van der Waals surface area contributed by atoms with Crippen molar-refractivity contribution in [2.45, 2.75) is 39.3 Å². The first-order valence-electron chi connectivity index (χ1n) is 8.09. The van der Waals surface area contributed by atoms with Crippen LogP contribution in [-0.4, -0.2) is 24.0 Å². The fraction of sp³-hybridized carbons (Fsp3) is 0.368. The van der Waals surface area contributed by atoms with E-state index >= 15 is 0 Å². The van der Waals surface area contributed by atoms with Gasteiger partial charge in [-0.3, -0.25) is 10.1 Å². The summed E-state index contributed by atoms with van der Waals surface area (Å²) in [5, 5.41) is 10.5. The molecule has 2 aromatic rings. The zero-order valence-corrected chi connectivity index (χ0v) is 14.6. The lowest BCUT2D eigenvalue weighted by Gasteiger charge is -2.21. The van der Waals surface area contributed by atoms with Gasteiger partial charge in [-0.05, 0) is 44.0 Å². The van der Waals surface area contributed by atoms with E-state index in [0.29, 0.717) is 0 Å². The van der Waals surface area contributed by atoms with Crippen LogP contribution < -0.4 is 16.0 Å². The Balaban J connectivity index is 1.94. The highest BCUT2D eigenvalue weighted by Gasteiger charge is 2.16. The molecule has 24 heavy (non-hydrogen) atoms. The first kappa shape index (κ1) is 17.9. The average molecular weight is 327 g/mol. The van der Waals surface area contributed by atoms with E-state index in [9.17, 15) is 9.59 Å². The van der Waals surface area contributed by atoms with Crippen molar-refractivity contribution in [3.63, 3.8) is 0 Å². The average Bonchev–Trinajstić information content (AvgIpc) is 2.50. The molecule has 0 bridgehead atoms. The first-order valence-corrected chi connectivity index (χ1v) is 8.09.